The van der Waals surface area contributed by atoms with E-state index in [1.807, 2.05) is 48.8 Å². The summed E-state index contributed by atoms with van der Waals surface area (Å²) < 4.78 is 1.98. The summed E-state index contributed by atoms with van der Waals surface area (Å²) in [6.45, 7) is 3.08. The number of nitrogens with zero attached hydrogens (tertiary/aromatic N) is 4. The lowest BCUT2D eigenvalue weighted by atomic mass is 10.3. The molecule has 0 fully saturated rings. The third-order valence-corrected chi connectivity index (χ3v) is 4.07. The largest absolute Gasteiger partial charge is 0.356 e. The highest BCUT2D eigenvalue weighted by molar-refractivity contribution is 14.0. The first kappa shape index (κ1) is 23.2. The van der Waals surface area contributed by atoms with E-state index in [-0.39, 0.29) is 29.9 Å². The zero-order chi connectivity index (χ0) is 19.1. The predicted octanol–water partition coefficient (Wildman–Crippen LogP) is 3.04. The van der Waals surface area contributed by atoms with Crippen LogP contribution in [0.25, 0.3) is 0 Å². The van der Waals surface area contributed by atoms with Crippen molar-refractivity contribution < 1.29 is 4.79 Å². The van der Waals surface area contributed by atoms with Gasteiger partial charge in [0.1, 0.15) is 5.82 Å². The van der Waals surface area contributed by atoms with Crippen molar-refractivity contribution in [1.82, 2.24) is 19.8 Å². The SMILES string of the molecule is CN=C(NCCC(=O)Nc1ccc(C)cn1)N(C)Cc1cc(Cl)cn1C.I. The van der Waals surface area contributed by atoms with Crippen molar-refractivity contribution in [3.05, 3.63) is 46.9 Å². The summed E-state index contributed by atoms with van der Waals surface area (Å²) in [6, 6.07) is 5.62. The minimum atomic E-state index is -0.0961. The van der Waals surface area contributed by atoms with E-state index in [4.69, 9.17) is 11.6 Å². The highest BCUT2D eigenvalue weighted by Gasteiger charge is 2.10. The van der Waals surface area contributed by atoms with Gasteiger partial charge in [0.25, 0.3) is 0 Å². The van der Waals surface area contributed by atoms with E-state index < -0.39 is 0 Å². The molecule has 9 heteroatoms. The molecule has 1 amide bonds. The fourth-order valence-electron chi connectivity index (χ4n) is 2.46. The Kier molecular flexibility index (Phi) is 9.57. The van der Waals surface area contributed by atoms with Crippen molar-refractivity contribution in [2.45, 2.75) is 19.9 Å². The summed E-state index contributed by atoms with van der Waals surface area (Å²) in [5, 5.41) is 6.68. The van der Waals surface area contributed by atoms with Crippen LogP contribution in [0.5, 0.6) is 0 Å². The fourth-order valence-corrected chi connectivity index (χ4v) is 2.73. The van der Waals surface area contributed by atoms with Gasteiger partial charge in [-0.15, -0.1) is 24.0 Å². The number of pyridine rings is 1. The molecule has 2 aromatic rings. The molecule has 0 aliphatic carbocycles. The van der Waals surface area contributed by atoms with E-state index in [9.17, 15) is 4.79 Å². The lowest BCUT2D eigenvalue weighted by Gasteiger charge is -2.22. The molecule has 2 N–H and O–H groups in total. The number of aliphatic imine (C=N–C) groups is 1. The Balaban J connectivity index is 0.00000364. The second-order valence-corrected chi connectivity index (χ2v) is 6.55. The summed E-state index contributed by atoms with van der Waals surface area (Å²) in [7, 11) is 5.61. The van der Waals surface area contributed by atoms with Crippen LogP contribution in [-0.4, -0.2) is 47.0 Å². The van der Waals surface area contributed by atoms with Crippen LogP contribution in [0.4, 0.5) is 5.82 Å². The van der Waals surface area contributed by atoms with Crippen LogP contribution >= 0.6 is 35.6 Å². The maximum atomic E-state index is 12.0. The molecule has 0 unspecified atom stereocenters. The van der Waals surface area contributed by atoms with Crippen molar-refractivity contribution in [2.75, 3.05) is 26.0 Å². The van der Waals surface area contributed by atoms with Gasteiger partial charge in [0, 0.05) is 52.2 Å². The van der Waals surface area contributed by atoms with Gasteiger partial charge in [-0.05, 0) is 24.6 Å². The van der Waals surface area contributed by atoms with Crippen LogP contribution < -0.4 is 10.6 Å². The lowest BCUT2D eigenvalue weighted by molar-refractivity contribution is -0.116. The maximum absolute atomic E-state index is 12.0. The van der Waals surface area contributed by atoms with E-state index in [1.54, 1.807) is 19.3 Å². The van der Waals surface area contributed by atoms with E-state index in [2.05, 4.69) is 20.6 Å². The Hall–Kier alpha value is -1.81. The Morgan fingerprint density at radius 3 is 2.70 bits per heavy atom. The summed E-state index contributed by atoms with van der Waals surface area (Å²) in [4.78, 5) is 22.4. The third-order valence-electron chi connectivity index (χ3n) is 3.86. The molecule has 7 nitrogen and oxygen atoms in total. The highest BCUT2D eigenvalue weighted by atomic mass is 127. The smallest absolute Gasteiger partial charge is 0.227 e. The molecule has 148 valence electrons. The average Bonchev–Trinajstić information content (AvgIpc) is 2.91. The zero-order valence-electron chi connectivity index (χ0n) is 16.0. The molecule has 2 aromatic heterocycles. The molecule has 0 spiro atoms. The van der Waals surface area contributed by atoms with Crippen LogP contribution in [0, 0.1) is 6.92 Å². The average molecular weight is 505 g/mol. The van der Waals surface area contributed by atoms with Gasteiger partial charge in [-0.2, -0.15) is 0 Å². The first-order valence-electron chi connectivity index (χ1n) is 8.34. The summed E-state index contributed by atoms with van der Waals surface area (Å²) in [5.41, 5.74) is 2.12. The Bertz CT molecular complexity index is 775. The quantitative estimate of drug-likeness (QED) is 0.360. The molecule has 0 bridgehead atoms. The Labute approximate surface area is 182 Å². The van der Waals surface area contributed by atoms with Crippen molar-refractivity contribution in [1.29, 1.82) is 0 Å². The molecule has 0 aliphatic rings. The number of rotatable bonds is 6. The van der Waals surface area contributed by atoms with Gasteiger partial charge < -0.3 is 20.1 Å². The van der Waals surface area contributed by atoms with Gasteiger partial charge in [-0.1, -0.05) is 17.7 Å². The number of hydrogen-bond donors (Lipinski definition) is 2. The lowest BCUT2D eigenvalue weighted by Crippen LogP contribution is -2.40. The van der Waals surface area contributed by atoms with Crippen molar-refractivity contribution >= 4 is 53.3 Å². The number of carbonyl (C=O) groups is 1. The van der Waals surface area contributed by atoms with Crippen molar-refractivity contribution in [3.63, 3.8) is 0 Å². The second-order valence-electron chi connectivity index (χ2n) is 6.11. The maximum Gasteiger partial charge on any atom is 0.227 e. The van der Waals surface area contributed by atoms with Gasteiger partial charge >= 0.3 is 0 Å². The second kappa shape index (κ2) is 11.1. The minimum absolute atomic E-state index is 0. The molecular formula is C18H26ClIN6O. The number of halogens is 2. The van der Waals surface area contributed by atoms with E-state index in [0.717, 1.165) is 11.3 Å². The first-order chi connectivity index (χ1) is 12.4. The van der Waals surface area contributed by atoms with E-state index in [1.165, 1.54) is 0 Å². The number of aryl methyl sites for hydroxylation is 2. The van der Waals surface area contributed by atoms with Gasteiger partial charge in [0.05, 0.1) is 11.6 Å². The normalized spacial score (nSPS) is 10.9. The summed E-state index contributed by atoms with van der Waals surface area (Å²) in [5.74, 6) is 1.17. The van der Waals surface area contributed by atoms with Crippen LogP contribution in [0.2, 0.25) is 5.02 Å². The number of amides is 1. The van der Waals surface area contributed by atoms with Gasteiger partial charge in [-0.25, -0.2) is 4.98 Å². The Morgan fingerprint density at radius 2 is 2.15 bits per heavy atom. The fraction of sp³-hybridized carbons (Fsp3) is 0.389. The van der Waals surface area contributed by atoms with Gasteiger partial charge in [0.2, 0.25) is 5.91 Å². The molecule has 0 radical (unpaired) electrons. The van der Waals surface area contributed by atoms with Gasteiger partial charge in [-0.3, -0.25) is 9.79 Å². The predicted molar refractivity (Wildman–Crippen MR) is 121 cm³/mol. The number of guanidine groups is 1. The van der Waals surface area contributed by atoms with Gasteiger partial charge in [0.15, 0.2) is 5.96 Å². The molecule has 0 aromatic carbocycles. The highest BCUT2D eigenvalue weighted by Crippen LogP contribution is 2.14. The van der Waals surface area contributed by atoms with E-state index >= 15 is 0 Å². The molecular weight excluding hydrogens is 479 g/mol. The molecule has 0 saturated carbocycles. The van der Waals surface area contributed by atoms with E-state index in [0.29, 0.717) is 36.3 Å². The number of nitrogens with one attached hydrogen (secondary N) is 2. The minimum Gasteiger partial charge on any atom is -0.356 e. The monoisotopic (exact) mass is 504 g/mol. The number of carbonyl (C=O) groups excluding carboxylic acids is 1. The molecule has 2 rings (SSSR count). The van der Waals surface area contributed by atoms with Crippen LogP contribution in [0.1, 0.15) is 17.7 Å². The summed E-state index contributed by atoms with van der Waals surface area (Å²) >= 11 is 6.02. The Morgan fingerprint density at radius 1 is 1.41 bits per heavy atom. The standard InChI is InChI=1S/C18H25ClN6O.HI/c1-13-5-6-16(22-10-13)23-17(26)7-8-21-18(20-2)25(4)12-15-9-14(19)11-24(15)3;/h5-6,9-11H,7-8,12H2,1-4H3,(H,20,21)(H,22,23,26);1H. The molecule has 27 heavy (non-hydrogen) atoms. The van der Waals surface area contributed by atoms with Crippen LogP contribution in [0.3, 0.4) is 0 Å². The zero-order valence-corrected chi connectivity index (χ0v) is 19.1. The van der Waals surface area contributed by atoms with Crippen molar-refractivity contribution in [3.8, 4) is 0 Å². The topological polar surface area (TPSA) is 74.5 Å². The number of hydrogen-bond acceptors (Lipinski definition) is 3. The summed E-state index contributed by atoms with van der Waals surface area (Å²) in [6.07, 6.45) is 3.91. The van der Waals surface area contributed by atoms with Crippen molar-refractivity contribution in [2.24, 2.45) is 12.0 Å². The molecule has 0 aliphatic heterocycles. The van der Waals surface area contributed by atoms with Crippen LogP contribution in [-0.2, 0) is 18.4 Å². The first-order valence-corrected chi connectivity index (χ1v) is 8.72. The third kappa shape index (κ3) is 7.37. The molecule has 0 atom stereocenters. The van der Waals surface area contributed by atoms with Crippen LogP contribution in [0.15, 0.2) is 35.6 Å². The molecule has 2 heterocycles. The number of aromatic nitrogens is 2. The number of anilines is 1. The molecule has 0 saturated heterocycles.